The predicted octanol–water partition coefficient (Wildman–Crippen LogP) is 3.71. The molecule has 1 aliphatic rings. The number of hydrogen-bond acceptors (Lipinski definition) is 2. The van der Waals surface area contributed by atoms with Crippen molar-refractivity contribution in [1.29, 1.82) is 0 Å². The summed E-state index contributed by atoms with van der Waals surface area (Å²) < 4.78 is 1.07. The first kappa shape index (κ1) is 13.0. The third kappa shape index (κ3) is 3.29. The lowest BCUT2D eigenvalue weighted by Gasteiger charge is -2.41. The van der Waals surface area contributed by atoms with Crippen LogP contribution >= 0.6 is 15.9 Å². The Morgan fingerprint density at radius 2 is 2.12 bits per heavy atom. The molecule has 94 valence electrons. The van der Waals surface area contributed by atoms with E-state index in [0.717, 1.165) is 22.9 Å². The van der Waals surface area contributed by atoms with E-state index in [1.54, 1.807) is 0 Å². The van der Waals surface area contributed by atoms with Gasteiger partial charge in [-0.2, -0.15) is 0 Å². The Kier molecular flexibility index (Phi) is 4.21. The zero-order chi connectivity index (χ0) is 12.4. The zero-order valence-corrected chi connectivity index (χ0v) is 12.4. The monoisotopic (exact) mass is 296 g/mol. The largest absolute Gasteiger partial charge is 0.296 e. The molecule has 2 heterocycles. The SMILES string of the molecule is CC1CC(C)C(C)N(Cc2cncc(Br)c2)C1. The number of rotatable bonds is 2. The number of nitrogens with zero attached hydrogens (tertiary/aromatic N) is 2. The van der Waals surface area contributed by atoms with E-state index in [0.29, 0.717) is 6.04 Å². The number of likely N-dealkylation sites (tertiary alicyclic amines) is 1. The van der Waals surface area contributed by atoms with Gasteiger partial charge in [0.25, 0.3) is 0 Å². The second kappa shape index (κ2) is 5.49. The maximum absolute atomic E-state index is 4.24. The Hall–Kier alpha value is -0.410. The highest BCUT2D eigenvalue weighted by Gasteiger charge is 2.28. The summed E-state index contributed by atoms with van der Waals surface area (Å²) in [5, 5.41) is 0. The molecule has 0 aromatic carbocycles. The molecule has 1 fully saturated rings. The van der Waals surface area contributed by atoms with Gasteiger partial charge in [0, 0.05) is 36.0 Å². The number of halogens is 1. The van der Waals surface area contributed by atoms with Crippen molar-refractivity contribution < 1.29 is 0 Å². The van der Waals surface area contributed by atoms with E-state index in [4.69, 9.17) is 0 Å². The molecule has 1 saturated heterocycles. The van der Waals surface area contributed by atoms with Gasteiger partial charge in [-0.05, 0) is 52.7 Å². The van der Waals surface area contributed by atoms with Crippen LogP contribution in [0, 0.1) is 11.8 Å². The molecule has 17 heavy (non-hydrogen) atoms. The minimum atomic E-state index is 0.671. The first-order chi connectivity index (χ1) is 8.06. The van der Waals surface area contributed by atoms with Crippen molar-refractivity contribution in [3.63, 3.8) is 0 Å². The maximum Gasteiger partial charge on any atom is 0.0410 e. The molecular weight excluding hydrogens is 276 g/mol. The molecule has 3 unspecified atom stereocenters. The highest BCUT2D eigenvalue weighted by atomic mass is 79.9. The average molecular weight is 297 g/mol. The fourth-order valence-corrected chi connectivity index (χ4v) is 3.23. The van der Waals surface area contributed by atoms with Crippen LogP contribution < -0.4 is 0 Å². The van der Waals surface area contributed by atoms with Gasteiger partial charge < -0.3 is 0 Å². The van der Waals surface area contributed by atoms with Crippen LogP contribution in [0.25, 0.3) is 0 Å². The molecule has 0 N–H and O–H groups in total. The highest BCUT2D eigenvalue weighted by molar-refractivity contribution is 9.10. The van der Waals surface area contributed by atoms with E-state index >= 15 is 0 Å². The second-order valence-corrected chi connectivity index (χ2v) is 6.42. The minimum Gasteiger partial charge on any atom is -0.296 e. The maximum atomic E-state index is 4.24. The van der Waals surface area contributed by atoms with Crippen molar-refractivity contribution in [1.82, 2.24) is 9.88 Å². The Morgan fingerprint density at radius 1 is 1.35 bits per heavy atom. The zero-order valence-electron chi connectivity index (χ0n) is 10.9. The first-order valence-electron chi connectivity index (χ1n) is 6.39. The highest BCUT2D eigenvalue weighted by Crippen LogP contribution is 2.28. The Morgan fingerprint density at radius 3 is 2.82 bits per heavy atom. The van der Waals surface area contributed by atoms with Gasteiger partial charge >= 0.3 is 0 Å². The van der Waals surface area contributed by atoms with E-state index < -0.39 is 0 Å². The summed E-state index contributed by atoms with van der Waals surface area (Å²) in [6.07, 6.45) is 5.17. The molecule has 1 aliphatic heterocycles. The van der Waals surface area contributed by atoms with Crippen LogP contribution in [0.5, 0.6) is 0 Å². The van der Waals surface area contributed by atoms with E-state index in [9.17, 15) is 0 Å². The van der Waals surface area contributed by atoms with Crippen LogP contribution in [0.1, 0.15) is 32.8 Å². The standard InChI is InChI=1S/C14H21BrN2/c1-10-4-11(2)12(3)17(8-10)9-13-5-14(15)7-16-6-13/h5-7,10-12H,4,8-9H2,1-3H3. The predicted molar refractivity (Wildman–Crippen MR) is 74.8 cm³/mol. The average Bonchev–Trinajstić information content (AvgIpc) is 2.25. The van der Waals surface area contributed by atoms with Gasteiger partial charge in [0.2, 0.25) is 0 Å². The van der Waals surface area contributed by atoms with Gasteiger partial charge in [0.1, 0.15) is 0 Å². The summed E-state index contributed by atoms with van der Waals surface area (Å²) in [5.74, 6) is 1.60. The third-order valence-corrected chi connectivity index (χ3v) is 4.30. The van der Waals surface area contributed by atoms with Gasteiger partial charge in [-0.3, -0.25) is 9.88 Å². The molecule has 0 aliphatic carbocycles. The van der Waals surface area contributed by atoms with Crippen LogP contribution in [0.15, 0.2) is 22.9 Å². The molecule has 1 aromatic rings. The molecule has 0 amide bonds. The number of aromatic nitrogens is 1. The van der Waals surface area contributed by atoms with Gasteiger partial charge in [-0.25, -0.2) is 0 Å². The molecule has 3 atom stereocenters. The van der Waals surface area contributed by atoms with Gasteiger partial charge in [0.05, 0.1) is 0 Å². The smallest absolute Gasteiger partial charge is 0.0410 e. The van der Waals surface area contributed by atoms with Crippen molar-refractivity contribution in [2.75, 3.05) is 6.54 Å². The number of hydrogen-bond donors (Lipinski definition) is 0. The molecule has 0 spiro atoms. The summed E-state index contributed by atoms with van der Waals surface area (Å²) in [5.41, 5.74) is 1.30. The van der Waals surface area contributed by atoms with Crippen molar-refractivity contribution >= 4 is 15.9 Å². The van der Waals surface area contributed by atoms with Crippen LogP contribution in [0.2, 0.25) is 0 Å². The van der Waals surface area contributed by atoms with E-state index in [1.165, 1.54) is 18.5 Å². The minimum absolute atomic E-state index is 0.671. The molecule has 2 rings (SSSR count). The summed E-state index contributed by atoms with van der Waals surface area (Å²) in [6.45, 7) is 9.29. The van der Waals surface area contributed by atoms with Gasteiger partial charge in [0.15, 0.2) is 0 Å². The van der Waals surface area contributed by atoms with Crippen molar-refractivity contribution in [3.8, 4) is 0 Å². The van der Waals surface area contributed by atoms with E-state index in [1.807, 2.05) is 12.4 Å². The van der Waals surface area contributed by atoms with Crippen LogP contribution in [0.4, 0.5) is 0 Å². The lowest BCUT2D eigenvalue weighted by molar-refractivity contribution is 0.0728. The number of pyridine rings is 1. The molecule has 0 radical (unpaired) electrons. The fourth-order valence-electron chi connectivity index (χ4n) is 2.82. The van der Waals surface area contributed by atoms with E-state index in [-0.39, 0.29) is 0 Å². The van der Waals surface area contributed by atoms with Crippen molar-refractivity contribution in [2.24, 2.45) is 11.8 Å². The Balaban J connectivity index is 2.07. The molecule has 0 bridgehead atoms. The molecular formula is C14H21BrN2. The quantitative estimate of drug-likeness (QED) is 0.827. The Labute approximate surface area is 113 Å². The first-order valence-corrected chi connectivity index (χ1v) is 7.19. The van der Waals surface area contributed by atoms with Crippen molar-refractivity contribution in [2.45, 2.75) is 39.8 Å². The lowest BCUT2D eigenvalue weighted by atomic mass is 9.86. The molecule has 1 aromatic heterocycles. The third-order valence-electron chi connectivity index (χ3n) is 3.87. The van der Waals surface area contributed by atoms with E-state index in [2.05, 4.69) is 52.7 Å². The van der Waals surface area contributed by atoms with Gasteiger partial charge in [-0.15, -0.1) is 0 Å². The number of piperidine rings is 1. The topological polar surface area (TPSA) is 16.1 Å². The molecule has 0 saturated carbocycles. The van der Waals surface area contributed by atoms with Gasteiger partial charge in [-0.1, -0.05) is 13.8 Å². The lowest BCUT2D eigenvalue weighted by Crippen LogP contribution is -2.45. The summed E-state index contributed by atoms with van der Waals surface area (Å²) in [7, 11) is 0. The summed E-state index contributed by atoms with van der Waals surface area (Å²) in [6, 6.07) is 2.84. The molecule has 2 nitrogen and oxygen atoms in total. The summed E-state index contributed by atoms with van der Waals surface area (Å²) in [4.78, 5) is 6.82. The van der Waals surface area contributed by atoms with Crippen LogP contribution in [-0.4, -0.2) is 22.5 Å². The molecule has 3 heteroatoms. The van der Waals surface area contributed by atoms with Crippen LogP contribution in [-0.2, 0) is 6.54 Å². The normalized spacial score (nSPS) is 30.5. The fraction of sp³-hybridized carbons (Fsp3) is 0.643. The Bertz CT molecular complexity index is 380. The van der Waals surface area contributed by atoms with Crippen molar-refractivity contribution in [3.05, 3.63) is 28.5 Å². The summed E-state index contributed by atoms with van der Waals surface area (Å²) >= 11 is 3.48. The van der Waals surface area contributed by atoms with Crippen LogP contribution in [0.3, 0.4) is 0 Å². The second-order valence-electron chi connectivity index (χ2n) is 5.50.